The SMILES string of the molecule is COC(C)O[Si](=O)O. The molecule has 0 spiro atoms. The first kappa shape index (κ1) is 7.58. The number of hydrogen-bond acceptors (Lipinski definition) is 3. The maximum absolute atomic E-state index is 9.85. The maximum atomic E-state index is 9.85. The molecule has 0 aliphatic carbocycles. The molecule has 0 amide bonds. The van der Waals surface area contributed by atoms with Gasteiger partial charge >= 0.3 is 9.17 Å². The van der Waals surface area contributed by atoms with Crippen LogP contribution < -0.4 is 0 Å². The summed E-state index contributed by atoms with van der Waals surface area (Å²) in [5, 5.41) is 0. The van der Waals surface area contributed by atoms with E-state index in [1.165, 1.54) is 7.11 Å². The summed E-state index contributed by atoms with van der Waals surface area (Å²) in [4.78, 5) is 8.10. The Morgan fingerprint density at radius 3 is 2.38 bits per heavy atom. The van der Waals surface area contributed by atoms with Crippen molar-refractivity contribution < 1.29 is 18.4 Å². The Bertz CT molecular complexity index is 83.4. The van der Waals surface area contributed by atoms with Crippen LogP contribution in [0.5, 0.6) is 0 Å². The summed E-state index contributed by atoms with van der Waals surface area (Å²) < 4.78 is 18.6. The third-order valence-electron chi connectivity index (χ3n) is 0.599. The van der Waals surface area contributed by atoms with Crippen molar-refractivity contribution in [1.29, 1.82) is 0 Å². The summed E-state index contributed by atoms with van der Waals surface area (Å²) in [6.45, 7) is 1.54. The van der Waals surface area contributed by atoms with Crippen LogP contribution in [-0.4, -0.2) is 27.4 Å². The molecule has 0 aromatic rings. The number of methoxy groups -OCH3 is 1. The molecule has 48 valence electrons. The Kier molecular flexibility index (Phi) is 3.37. The van der Waals surface area contributed by atoms with Crippen LogP contribution in [0.4, 0.5) is 0 Å². The summed E-state index contributed by atoms with van der Waals surface area (Å²) in [5.41, 5.74) is 0. The highest BCUT2D eigenvalue weighted by molar-refractivity contribution is 6.24. The largest absolute Gasteiger partial charge is 0.766 e. The molecule has 0 fully saturated rings. The molecule has 0 aromatic heterocycles. The Morgan fingerprint density at radius 2 is 2.25 bits per heavy atom. The zero-order valence-corrected chi connectivity index (χ0v) is 5.75. The molecule has 0 bridgehead atoms. The second-order valence-corrected chi connectivity index (χ2v) is 1.95. The van der Waals surface area contributed by atoms with Crippen LogP contribution in [0, 0.1) is 0 Å². The molecule has 1 atom stereocenters. The van der Waals surface area contributed by atoms with E-state index in [0.29, 0.717) is 0 Å². The summed E-state index contributed by atoms with van der Waals surface area (Å²) >= 11 is 0. The predicted octanol–water partition coefficient (Wildman–Crippen LogP) is -0.597. The number of hydrogen-bond donors (Lipinski definition) is 1. The average Bonchev–Trinajstić information content (AvgIpc) is 1.65. The lowest BCUT2D eigenvalue weighted by molar-refractivity contribution is -0.0547. The minimum absolute atomic E-state index is 0.591. The van der Waals surface area contributed by atoms with E-state index < -0.39 is 15.5 Å². The van der Waals surface area contributed by atoms with E-state index in [1.807, 2.05) is 0 Å². The second kappa shape index (κ2) is 3.56. The third-order valence-corrected chi connectivity index (χ3v) is 1.13. The van der Waals surface area contributed by atoms with Gasteiger partial charge in [0.1, 0.15) is 0 Å². The van der Waals surface area contributed by atoms with E-state index in [2.05, 4.69) is 9.16 Å². The van der Waals surface area contributed by atoms with Crippen molar-refractivity contribution in [3.05, 3.63) is 0 Å². The zero-order valence-electron chi connectivity index (χ0n) is 4.75. The van der Waals surface area contributed by atoms with Gasteiger partial charge in [-0.25, -0.2) is 0 Å². The Balaban J connectivity index is 3.24. The van der Waals surface area contributed by atoms with Gasteiger partial charge in [-0.1, -0.05) is 0 Å². The topological polar surface area (TPSA) is 55.8 Å². The van der Waals surface area contributed by atoms with Crippen molar-refractivity contribution in [2.45, 2.75) is 13.2 Å². The van der Waals surface area contributed by atoms with E-state index in [4.69, 9.17) is 4.80 Å². The van der Waals surface area contributed by atoms with Crippen LogP contribution in [0.1, 0.15) is 6.92 Å². The standard InChI is InChI=1S/C3H8O4Si/c1-3(6-2)7-8(4)5/h3-4H,1-2H3. The molecular formula is C3H8O4Si. The van der Waals surface area contributed by atoms with Crippen molar-refractivity contribution in [2.75, 3.05) is 7.11 Å². The zero-order chi connectivity index (χ0) is 6.57. The molecule has 8 heavy (non-hydrogen) atoms. The molecule has 0 aliphatic rings. The monoisotopic (exact) mass is 136 g/mol. The van der Waals surface area contributed by atoms with Crippen LogP contribution in [0.25, 0.3) is 0 Å². The summed E-state index contributed by atoms with van der Waals surface area (Å²) in [6.07, 6.45) is -0.591. The van der Waals surface area contributed by atoms with E-state index in [9.17, 15) is 4.46 Å². The smallest absolute Gasteiger partial charge is 0.511 e. The molecule has 0 aromatic carbocycles. The summed E-state index contributed by atoms with van der Waals surface area (Å²) in [7, 11) is -1.42. The summed E-state index contributed by atoms with van der Waals surface area (Å²) in [6, 6.07) is 0. The van der Waals surface area contributed by atoms with Gasteiger partial charge in [-0.05, 0) is 6.92 Å². The fourth-order valence-corrected chi connectivity index (χ4v) is 0.570. The van der Waals surface area contributed by atoms with Crippen LogP contribution in [0.15, 0.2) is 0 Å². The van der Waals surface area contributed by atoms with Crippen molar-refractivity contribution >= 4 is 9.17 Å². The van der Waals surface area contributed by atoms with Gasteiger partial charge in [-0.3, -0.25) is 4.46 Å². The van der Waals surface area contributed by atoms with Gasteiger partial charge in [0.15, 0.2) is 6.29 Å². The Morgan fingerprint density at radius 1 is 1.75 bits per heavy atom. The normalized spacial score (nSPS) is 12.8. The fourth-order valence-electron chi connectivity index (χ4n) is 0.190. The molecule has 0 radical (unpaired) electrons. The molecule has 0 rings (SSSR count). The minimum Gasteiger partial charge on any atom is -0.511 e. The van der Waals surface area contributed by atoms with Gasteiger partial charge in [-0.2, -0.15) is 0 Å². The van der Waals surface area contributed by atoms with Crippen LogP contribution >= 0.6 is 0 Å². The predicted molar refractivity (Wildman–Crippen MR) is 26.2 cm³/mol. The van der Waals surface area contributed by atoms with Gasteiger partial charge in [0.2, 0.25) is 0 Å². The summed E-state index contributed by atoms with van der Waals surface area (Å²) in [5.74, 6) is 0. The molecule has 1 N–H and O–H groups in total. The number of ether oxygens (including phenoxy) is 1. The molecule has 4 nitrogen and oxygen atoms in total. The van der Waals surface area contributed by atoms with Gasteiger partial charge in [0.05, 0.1) is 0 Å². The van der Waals surface area contributed by atoms with Gasteiger partial charge in [0.25, 0.3) is 0 Å². The minimum atomic E-state index is -2.82. The quantitative estimate of drug-likeness (QED) is 0.416. The lowest BCUT2D eigenvalue weighted by Crippen LogP contribution is -2.17. The molecule has 0 aliphatic heterocycles. The second-order valence-electron chi connectivity index (χ2n) is 1.19. The molecular weight excluding hydrogens is 128 g/mol. The molecule has 1 unspecified atom stereocenters. The molecule has 0 saturated carbocycles. The Labute approximate surface area is 48.9 Å². The highest BCUT2D eigenvalue weighted by Gasteiger charge is 2.08. The lowest BCUT2D eigenvalue weighted by Gasteiger charge is -2.06. The lowest BCUT2D eigenvalue weighted by atomic mass is 10.8. The maximum Gasteiger partial charge on any atom is 0.766 e. The van der Waals surface area contributed by atoms with E-state index in [-0.39, 0.29) is 0 Å². The van der Waals surface area contributed by atoms with Gasteiger partial charge < -0.3 is 14.0 Å². The fraction of sp³-hybridized carbons (Fsp3) is 1.00. The first-order chi connectivity index (χ1) is 3.66. The first-order valence-corrected chi connectivity index (χ1v) is 3.35. The van der Waals surface area contributed by atoms with Crippen LogP contribution in [-0.2, 0) is 13.6 Å². The van der Waals surface area contributed by atoms with E-state index >= 15 is 0 Å². The average molecular weight is 136 g/mol. The van der Waals surface area contributed by atoms with Gasteiger partial charge in [-0.15, -0.1) is 0 Å². The molecule has 5 heteroatoms. The van der Waals surface area contributed by atoms with Gasteiger partial charge in [0, 0.05) is 7.11 Å². The van der Waals surface area contributed by atoms with Crippen molar-refractivity contribution in [1.82, 2.24) is 0 Å². The highest BCUT2D eigenvalue weighted by Crippen LogP contribution is 1.86. The van der Waals surface area contributed by atoms with Crippen molar-refractivity contribution in [3.8, 4) is 0 Å². The highest BCUT2D eigenvalue weighted by atomic mass is 28.3. The first-order valence-electron chi connectivity index (χ1n) is 2.09. The van der Waals surface area contributed by atoms with E-state index in [0.717, 1.165) is 0 Å². The van der Waals surface area contributed by atoms with Crippen molar-refractivity contribution in [2.24, 2.45) is 0 Å². The Hall–Kier alpha value is -0.423. The molecule has 0 heterocycles. The van der Waals surface area contributed by atoms with Crippen LogP contribution in [0.3, 0.4) is 0 Å². The third kappa shape index (κ3) is 3.76. The molecule has 0 saturated heterocycles. The number of rotatable bonds is 3. The van der Waals surface area contributed by atoms with Crippen LogP contribution in [0.2, 0.25) is 0 Å². The van der Waals surface area contributed by atoms with E-state index in [1.54, 1.807) is 6.92 Å². The van der Waals surface area contributed by atoms with Crippen molar-refractivity contribution in [3.63, 3.8) is 0 Å².